The molecule has 0 aromatic heterocycles. The maximum absolute atomic E-state index is 12.6. The van der Waals surface area contributed by atoms with E-state index in [4.69, 9.17) is 0 Å². The zero-order valence-electron chi connectivity index (χ0n) is 13.9. The van der Waals surface area contributed by atoms with Crippen LogP contribution in [0.25, 0.3) is 0 Å². The molecule has 1 saturated heterocycles. The standard InChI is InChI=1S/C20H24N2O.ClH/c1-15(16-9-4-2-5-10-16)20(23)22-18-13-8-14-21-19(18)17-11-6-3-7-12-17;/h2-7,9-12,15,18-19,21H,8,13-14H2,1H3,(H,22,23);1H/t15-,18+,19-;/m1./s1. The van der Waals surface area contributed by atoms with Crippen molar-refractivity contribution in [3.05, 3.63) is 71.8 Å². The lowest BCUT2D eigenvalue weighted by molar-refractivity contribution is -0.123. The first kappa shape index (κ1) is 18.5. The summed E-state index contributed by atoms with van der Waals surface area (Å²) in [4.78, 5) is 12.6. The van der Waals surface area contributed by atoms with Gasteiger partial charge in [-0.25, -0.2) is 0 Å². The van der Waals surface area contributed by atoms with Crippen molar-refractivity contribution in [2.45, 2.75) is 37.8 Å². The molecule has 3 nitrogen and oxygen atoms in total. The topological polar surface area (TPSA) is 41.1 Å². The van der Waals surface area contributed by atoms with Gasteiger partial charge in [-0.3, -0.25) is 4.79 Å². The van der Waals surface area contributed by atoms with Crippen LogP contribution in [0.3, 0.4) is 0 Å². The highest BCUT2D eigenvalue weighted by molar-refractivity contribution is 5.85. The summed E-state index contributed by atoms with van der Waals surface area (Å²) in [5.41, 5.74) is 2.30. The predicted octanol–water partition coefficient (Wildman–Crippen LogP) is 3.82. The number of amides is 1. The van der Waals surface area contributed by atoms with Gasteiger partial charge in [0.1, 0.15) is 0 Å². The third-order valence-corrected chi connectivity index (χ3v) is 4.64. The number of carbonyl (C=O) groups excluding carboxylic acids is 1. The smallest absolute Gasteiger partial charge is 0.227 e. The summed E-state index contributed by atoms with van der Waals surface area (Å²) < 4.78 is 0. The SMILES string of the molecule is C[C@@H](C(=O)N[C@H]1CCCN[C@@H]1c1ccccc1)c1ccccc1.Cl. The van der Waals surface area contributed by atoms with E-state index in [0.29, 0.717) is 0 Å². The first-order valence-electron chi connectivity index (χ1n) is 8.39. The molecule has 4 heteroatoms. The lowest BCUT2D eigenvalue weighted by Crippen LogP contribution is -2.49. The molecule has 0 spiro atoms. The van der Waals surface area contributed by atoms with Crippen LogP contribution in [0.1, 0.15) is 42.9 Å². The minimum absolute atomic E-state index is 0. The highest BCUT2D eigenvalue weighted by Gasteiger charge is 2.28. The third kappa shape index (κ3) is 4.37. The molecule has 1 aliphatic heterocycles. The zero-order chi connectivity index (χ0) is 16.1. The molecular weight excluding hydrogens is 320 g/mol. The molecule has 2 aromatic rings. The normalized spacial score (nSPS) is 21.4. The number of hydrogen-bond donors (Lipinski definition) is 2. The van der Waals surface area contributed by atoms with E-state index in [1.807, 2.05) is 43.3 Å². The third-order valence-electron chi connectivity index (χ3n) is 4.64. The Morgan fingerprint density at radius 3 is 2.38 bits per heavy atom. The van der Waals surface area contributed by atoms with Gasteiger partial charge in [-0.15, -0.1) is 12.4 Å². The van der Waals surface area contributed by atoms with Crippen LogP contribution >= 0.6 is 12.4 Å². The molecule has 3 atom stereocenters. The summed E-state index contributed by atoms with van der Waals surface area (Å²) >= 11 is 0. The number of piperidine rings is 1. The van der Waals surface area contributed by atoms with Crippen LogP contribution in [-0.2, 0) is 4.79 Å². The van der Waals surface area contributed by atoms with E-state index >= 15 is 0 Å². The van der Waals surface area contributed by atoms with Crippen molar-refractivity contribution in [3.63, 3.8) is 0 Å². The number of halogens is 1. The van der Waals surface area contributed by atoms with Crippen molar-refractivity contribution in [2.75, 3.05) is 6.54 Å². The Morgan fingerprint density at radius 1 is 1.08 bits per heavy atom. The van der Waals surface area contributed by atoms with Crippen LogP contribution in [0.4, 0.5) is 0 Å². The molecule has 0 radical (unpaired) electrons. The van der Waals surface area contributed by atoms with Crippen molar-refractivity contribution in [1.29, 1.82) is 0 Å². The fraction of sp³-hybridized carbons (Fsp3) is 0.350. The number of rotatable bonds is 4. The van der Waals surface area contributed by atoms with Gasteiger partial charge in [0.05, 0.1) is 12.0 Å². The summed E-state index contributed by atoms with van der Waals surface area (Å²) in [6.07, 6.45) is 2.10. The second-order valence-electron chi connectivity index (χ2n) is 6.23. The Labute approximate surface area is 150 Å². The zero-order valence-corrected chi connectivity index (χ0v) is 14.8. The second-order valence-corrected chi connectivity index (χ2v) is 6.23. The molecule has 2 N–H and O–H groups in total. The van der Waals surface area contributed by atoms with Gasteiger partial charge >= 0.3 is 0 Å². The molecule has 1 amide bonds. The minimum atomic E-state index is -0.130. The van der Waals surface area contributed by atoms with Crippen LogP contribution in [0.2, 0.25) is 0 Å². The fourth-order valence-corrected chi connectivity index (χ4v) is 3.26. The Hall–Kier alpha value is -1.84. The van der Waals surface area contributed by atoms with Gasteiger partial charge < -0.3 is 10.6 Å². The Morgan fingerprint density at radius 2 is 1.71 bits per heavy atom. The van der Waals surface area contributed by atoms with Gasteiger partial charge in [-0.1, -0.05) is 60.7 Å². The maximum atomic E-state index is 12.6. The largest absolute Gasteiger partial charge is 0.351 e. The molecule has 1 heterocycles. The molecule has 0 saturated carbocycles. The highest BCUT2D eigenvalue weighted by atomic mass is 35.5. The molecule has 0 unspecified atom stereocenters. The molecular formula is C20H25ClN2O. The monoisotopic (exact) mass is 344 g/mol. The lowest BCUT2D eigenvalue weighted by Gasteiger charge is -2.34. The van der Waals surface area contributed by atoms with Crippen molar-refractivity contribution >= 4 is 18.3 Å². The van der Waals surface area contributed by atoms with Crippen molar-refractivity contribution < 1.29 is 4.79 Å². The van der Waals surface area contributed by atoms with E-state index in [0.717, 1.165) is 24.9 Å². The number of carbonyl (C=O) groups is 1. The summed E-state index contributed by atoms with van der Waals surface area (Å²) in [6.45, 7) is 2.97. The van der Waals surface area contributed by atoms with E-state index in [1.165, 1.54) is 5.56 Å². The average molecular weight is 345 g/mol. The summed E-state index contributed by atoms with van der Waals surface area (Å²) in [6, 6.07) is 20.7. The quantitative estimate of drug-likeness (QED) is 0.885. The molecule has 3 rings (SSSR count). The van der Waals surface area contributed by atoms with Crippen molar-refractivity contribution in [1.82, 2.24) is 10.6 Å². The van der Waals surface area contributed by atoms with Gasteiger partial charge in [0.15, 0.2) is 0 Å². The first-order valence-corrected chi connectivity index (χ1v) is 8.39. The van der Waals surface area contributed by atoms with E-state index < -0.39 is 0 Å². The van der Waals surface area contributed by atoms with E-state index in [2.05, 4.69) is 34.9 Å². The van der Waals surface area contributed by atoms with Crippen LogP contribution < -0.4 is 10.6 Å². The highest BCUT2D eigenvalue weighted by Crippen LogP contribution is 2.24. The predicted molar refractivity (Wildman–Crippen MR) is 100 cm³/mol. The number of hydrogen-bond acceptors (Lipinski definition) is 2. The van der Waals surface area contributed by atoms with E-state index in [1.54, 1.807) is 0 Å². The summed E-state index contributed by atoms with van der Waals surface area (Å²) in [7, 11) is 0. The molecule has 128 valence electrons. The van der Waals surface area contributed by atoms with Crippen LogP contribution in [-0.4, -0.2) is 18.5 Å². The van der Waals surface area contributed by atoms with Gasteiger partial charge in [0.25, 0.3) is 0 Å². The average Bonchev–Trinajstić information content (AvgIpc) is 2.63. The summed E-state index contributed by atoms with van der Waals surface area (Å²) in [5, 5.41) is 6.82. The minimum Gasteiger partial charge on any atom is -0.351 e. The van der Waals surface area contributed by atoms with E-state index in [-0.39, 0.29) is 36.3 Å². The van der Waals surface area contributed by atoms with Crippen LogP contribution in [0.15, 0.2) is 60.7 Å². The maximum Gasteiger partial charge on any atom is 0.227 e. The molecule has 1 aliphatic rings. The summed E-state index contributed by atoms with van der Waals surface area (Å²) in [5.74, 6) is -0.0274. The van der Waals surface area contributed by atoms with Gasteiger partial charge in [0.2, 0.25) is 5.91 Å². The van der Waals surface area contributed by atoms with Gasteiger partial charge in [-0.2, -0.15) is 0 Å². The molecule has 24 heavy (non-hydrogen) atoms. The van der Waals surface area contributed by atoms with Crippen molar-refractivity contribution in [2.24, 2.45) is 0 Å². The Balaban J connectivity index is 0.00000208. The Kier molecular flexibility index (Phi) is 6.83. The van der Waals surface area contributed by atoms with Crippen molar-refractivity contribution in [3.8, 4) is 0 Å². The number of nitrogens with one attached hydrogen (secondary N) is 2. The lowest BCUT2D eigenvalue weighted by atomic mass is 9.91. The first-order chi connectivity index (χ1) is 11.3. The molecule has 1 fully saturated rings. The second kappa shape index (κ2) is 8.86. The Bertz CT molecular complexity index is 633. The fourth-order valence-electron chi connectivity index (χ4n) is 3.26. The molecule has 0 bridgehead atoms. The van der Waals surface area contributed by atoms with Crippen LogP contribution in [0.5, 0.6) is 0 Å². The molecule has 2 aromatic carbocycles. The van der Waals surface area contributed by atoms with E-state index in [9.17, 15) is 4.79 Å². The van der Waals surface area contributed by atoms with Crippen LogP contribution in [0, 0.1) is 0 Å². The number of benzene rings is 2. The van der Waals surface area contributed by atoms with Gasteiger partial charge in [0, 0.05) is 6.04 Å². The van der Waals surface area contributed by atoms with Gasteiger partial charge in [-0.05, 0) is 37.4 Å². The molecule has 0 aliphatic carbocycles.